The summed E-state index contributed by atoms with van der Waals surface area (Å²) < 4.78 is 7.83. The molecule has 8 nitrogen and oxygen atoms in total. The van der Waals surface area contributed by atoms with E-state index in [4.69, 9.17) is 4.74 Å². The predicted molar refractivity (Wildman–Crippen MR) is 174 cm³/mol. The highest BCUT2D eigenvalue weighted by atomic mass is 16.6. The quantitative estimate of drug-likeness (QED) is 0.231. The van der Waals surface area contributed by atoms with E-state index in [9.17, 15) is 4.79 Å². The molecule has 1 aliphatic heterocycles. The van der Waals surface area contributed by atoms with Crippen molar-refractivity contribution in [3.8, 4) is 0 Å². The zero-order valence-corrected chi connectivity index (χ0v) is 25.7. The molecule has 2 fully saturated rings. The fourth-order valence-electron chi connectivity index (χ4n) is 6.54. The van der Waals surface area contributed by atoms with Gasteiger partial charge < -0.3 is 15.0 Å². The second kappa shape index (κ2) is 14.5. The van der Waals surface area contributed by atoms with Gasteiger partial charge in [-0.3, -0.25) is 4.90 Å². The summed E-state index contributed by atoms with van der Waals surface area (Å²) in [6.07, 6.45) is 7.21. The molecule has 1 aliphatic carbocycles. The third kappa shape index (κ3) is 8.05. The zero-order chi connectivity index (χ0) is 30.1. The maximum absolute atomic E-state index is 13.2. The van der Waals surface area contributed by atoms with Crippen molar-refractivity contribution in [3.05, 3.63) is 114 Å². The lowest BCUT2D eigenvalue weighted by molar-refractivity contribution is 0.0946. The summed E-state index contributed by atoms with van der Waals surface area (Å²) >= 11 is 0. The minimum Gasteiger partial charge on any atom is -0.446 e. The molecule has 1 saturated carbocycles. The molecule has 0 radical (unpaired) electrons. The molecule has 0 spiro atoms. The average molecular weight is 593 g/mol. The van der Waals surface area contributed by atoms with Crippen LogP contribution in [0.15, 0.2) is 91.1 Å². The van der Waals surface area contributed by atoms with Crippen LogP contribution in [0.25, 0.3) is 0 Å². The minimum atomic E-state index is -0.345. The molecule has 44 heavy (non-hydrogen) atoms. The highest BCUT2D eigenvalue weighted by Crippen LogP contribution is 2.25. The Labute approximate surface area is 261 Å². The molecule has 2 heterocycles. The molecule has 2 aliphatic rings. The first-order valence-electron chi connectivity index (χ1n) is 16.1. The van der Waals surface area contributed by atoms with Crippen LogP contribution in [0, 0.1) is 6.92 Å². The number of hydrogen-bond donors (Lipinski definition) is 1. The monoisotopic (exact) mass is 592 g/mol. The van der Waals surface area contributed by atoms with Gasteiger partial charge >= 0.3 is 6.09 Å². The van der Waals surface area contributed by atoms with Crippen LogP contribution < -0.4 is 10.2 Å². The van der Waals surface area contributed by atoms with Crippen LogP contribution in [0.1, 0.15) is 54.1 Å². The number of nitrogens with one attached hydrogen (secondary N) is 1. The Balaban J connectivity index is 1.18. The van der Waals surface area contributed by atoms with E-state index in [0.29, 0.717) is 12.8 Å². The molecule has 2 atom stereocenters. The highest BCUT2D eigenvalue weighted by molar-refractivity contribution is 5.68. The van der Waals surface area contributed by atoms with Crippen LogP contribution in [0.4, 0.5) is 10.5 Å². The minimum absolute atomic E-state index is 0.00398. The van der Waals surface area contributed by atoms with E-state index in [0.717, 1.165) is 69.7 Å². The van der Waals surface area contributed by atoms with Gasteiger partial charge in [0.1, 0.15) is 6.10 Å². The number of alkyl carbamates (subject to hydrolysis) is 1. The third-order valence-electron chi connectivity index (χ3n) is 8.95. The van der Waals surface area contributed by atoms with Crippen LogP contribution in [0.5, 0.6) is 0 Å². The number of aryl methyl sites for hydroxylation is 1. The van der Waals surface area contributed by atoms with Crippen molar-refractivity contribution in [2.24, 2.45) is 0 Å². The molecule has 3 aromatic carbocycles. The maximum atomic E-state index is 13.2. The molecular weight excluding hydrogens is 548 g/mol. The largest absolute Gasteiger partial charge is 0.446 e. The number of benzene rings is 3. The first-order chi connectivity index (χ1) is 21.6. The first kappa shape index (κ1) is 29.9. The van der Waals surface area contributed by atoms with Crippen LogP contribution in [-0.4, -0.2) is 64.3 Å². The Kier molecular flexibility index (Phi) is 9.87. The highest BCUT2D eigenvalue weighted by Gasteiger charge is 2.29. The summed E-state index contributed by atoms with van der Waals surface area (Å²) in [6, 6.07) is 29.1. The van der Waals surface area contributed by atoms with Crippen molar-refractivity contribution >= 4 is 11.8 Å². The number of carbonyl (C=O) groups excluding carboxylic acids is 1. The normalized spacial score (nSPS) is 17.3. The number of rotatable bonds is 11. The maximum Gasteiger partial charge on any atom is 0.407 e. The number of amides is 1. The van der Waals surface area contributed by atoms with Crippen molar-refractivity contribution in [2.45, 2.75) is 70.2 Å². The second-order valence-corrected chi connectivity index (χ2v) is 12.3. The zero-order valence-electron chi connectivity index (χ0n) is 25.7. The Morgan fingerprint density at radius 3 is 2.25 bits per heavy atom. The van der Waals surface area contributed by atoms with Gasteiger partial charge in [-0.2, -0.15) is 0 Å². The number of nitrogens with zero attached hydrogens (tertiary/aromatic N) is 5. The van der Waals surface area contributed by atoms with Gasteiger partial charge in [-0.15, -0.1) is 5.10 Å². The van der Waals surface area contributed by atoms with E-state index in [-0.39, 0.29) is 24.3 Å². The lowest BCUT2D eigenvalue weighted by Crippen LogP contribution is -2.46. The van der Waals surface area contributed by atoms with Crippen molar-refractivity contribution in [3.63, 3.8) is 0 Å². The predicted octanol–water partition coefficient (Wildman–Crippen LogP) is 5.97. The molecule has 1 saturated heterocycles. The molecule has 4 aromatic rings. The van der Waals surface area contributed by atoms with Crippen molar-refractivity contribution < 1.29 is 9.53 Å². The molecule has 1 aromatic heterocycles. The average Bonchev–Trinajstić information content (AvgIpc) is 3.73. The Morgan fingerprint density at radius 1 is 0.886 bits per heavy atom. The second-order valence-electron chi connectivity index (χ2n) is 12.3. The number of aromatic nitrogens is 3. The summed E-state index contributed by atoms with van der Waals surface area (Å²) in [5, 5.41) is 12.5. The van der Waals surface area contributed by atoms with E-state index in [2.05, 4.69) is 99.2 Å². The van der Waals surface area contributed by atoms with Crippen molar-refractivity contribution in [1.29, 1.82) is 0 Å². The fourth-order valence-corrected chi connectivity index (χ4v) is 6.54. The fraction of sp³-hybridized carbons (Fsp3) is 0.417. The van der Waals surface area contributed by atoms with Crippen LogP contribution >= 0.6 is 0 Å². The van der Waals surface area contributed by atoms with Crippen LogP contribution in [-0.2, 0) is 24.1 Å². The van der Waals surface area contributed by atoms with E-state index >= 15 is 0 Å². The molecule has 0 unspecified atom stereocenters. The Hall–Kier alpha value is -4.17. The smallest absolute Gasteiger partial charge is 0.407 e. The van der Waals surface area contributed by atoms with Crippen LogP contribution in [0.2, 0.25) is 0 Å². The van der Waals surface area contributed by atoms with Crippen molar-refractivity contribution in [1.82, 2.24) is 25.2 Å². The lowest BCUT2D eigenvalue weighted by Gasteiger charge is -2.35. The SMILES string of the molecule is Cc1cccc(N2CCN(Cc3cn([C@@H](Cc4ccccc4)[C@H](Cc4ccccc4)NC(=O)OC4CCCC4)nn3)CC2)c1. The molecule has 230 valence electrons. The molecule has 0 bridgehead atoms. The number of hydrogen-bond acceptors (Lipinski definition) is 6. The number of piperazine rings is 1. The van der Waals surface area contributed by atoms with Crippen LogP contribution in [0.3, 0.4) is 0 Å². The standard InChI is InChI=1S/C36H44N6O2/c1-28-11-10-16-32(23-28)41-21-19-40(20-22-41)26-31-27-42(39-38-31)35(25-30-14-6-3-7-15-30)34(24-29-12-4-2-5-13-29)37-36(43)44-33-17-8-9-18-33/h2-7,10-16,23,27,33-35H,8-9,17-22,24-26H2,1H3,(H,37,43)/t34-,35-/m0/s1. The van der Waals surface area contributed by atoms with Gasteiger partial charge in [0, 0.05) is 38.4 Å². The topological polar surface area (TPSA) is 75.5 Å². The number of ether oxygens (including phenoxy) is 1. The molecule has 1 amide bonds. The van der Waals surface area contributed by atoms with Gasteiger partial charge in [0.2, 0.25) is 0 Å². The van der Waals surface area contributed by atoms with Gasteiger partial charge in [-0.1, -0.05) is 78.0 Å². The molecular formula is C36H44N6O2. The Bertz CT molecular complexity index is 1460. The Morgan fingerprint density at radius 2 is 1.57 bits per heavy atom. The number of carbonyl (C=O) groups is 1. The van der Waals surface area contributed by atoms with Gasteiger partial charge in [0.25, 0.3) is 0 Å². The summed E-state index contributed by atoms with van der Waals surface area (Å²) in [5.41, 5.74) is 5.87. The summed E-state index contributed by atoms with van der Waals surface area (Å²) in [7, 11) is 0. The van der Waals surface area contributed by atoms with Crippen molar-refractivity contribution in [2.75, 3.05) is 31.1 Å². The van der Waals surface area contributed by atoms with Gasteiger partial charge in [0.15, 0.2) is 0 Å². The van der Waals surface area contributed by atoms with E-state index < -0.39 is 0 Å². The van der Waals surface area contributed by atoms with E-state index in [1.807, 2.05) is 28.9 Å². The summed E-state index contributed by atoms with van der Waals surface area (Å²) in [6.45, 7) is 6.81. The van der Waals surface area contributed by atoms with Gasteiger partial charge in [-0.05, 0) is 74.3 Å². The third-order valence-corrected chi connectivity index (χ3v) is 8.95. The molecule has 6 rings (SSSR count). The van der Waals surface area contributed by atoms with Gasteiger partial charge in [-0.25, -0.2) is 9.48 Å². The van der Waals surface area contributed by atoms with E-state index in [1.54, 1.807) is 0 Å². The number of anilines is 1. The lowest BCUT2D eigenvalue weighted by atomic mass is 9.94. The molecule has 1 N–H and O–H groups in total. The summed E-state index contributed by atoms with van der Waals surface area (Å²) in [4.78, 5) is 18.1. The summed E-state index contributed by atoms with van der Waals surface area (Å²) in [5.74, 6) is 0. The first-order valence-corrected chi connectivity index (χ1v) is 16.1. The van der Waals surface area contributed by atoms with Gasteiger partial charge in [0.05, 0.1) is 24.0 Å². The molecule has 8 heteroatoms. The van der Waals surface area contributed by atoms with E-state index in [1.165, 1.54) is 16.8 Å².